The SMILES string of the molecule is NCCc1cccnc1N1CCC[C@H]2CCCC[C@H]21. The number of nitrogens with two attached hydrogens (primary N) is 1. The lowest BCUT2D eigenvalue weighted by molar-refractivity contribution is 0.242. The maximum absolute atomic E-state index is 5.74. The first-order valence-corrected chi connectivity index (χ1v) is 7.81. The van der Waals surface area contributed by atoms with E-state index in [-0.39, 0.29) is 0 Å². The highest BCUT2D eigenvalue weighted by Crippen LogP contribution is 2.37. The Balaban J connectivity index is 1.87. The Hall–Kier alpha value is -1.09. The van der Waals surface area contributed by atoms with Gasteiger partial charge in [0.25, 0.3) is 0 Å². The van der Waals surface area contributed by atoms with Gasteiger partial charge in [0, 0.05) is 18.8 Å². The summed E-state index contributed by atoms with van der Waals surface area (Å²) in [4.78, 5) is 7.28. The summed E-state index contributed by atoms with van der Waals surface area (Å²) in [6, 6.07) is 4.97. The molecular weight excluding hydrogens is 234 g/mol. The van der Waals surface area contributed by atoms with Gasteiger partial charge in [0.2, 0.25) is 0 Å². The number of pyridine rings is 1. The molecule has 0 aromatic carbocycles. The highest BCUT2D eigenvalue weighted by molar-refractivity contribution is 5.48. The fourth-order valence-electron chi connectivity index (χ4n) is 3.93. The van der Waals surface area contributed by atoms with Crippen LogP contribution >= 0.6 is 0 Å². The van der Waals surface area contributed by atoms with E-state index in [1.807, 2.05) is 12.3 Å². The van der Waals surface area contributed by atoms with E-state index in [4.69, 9.17) is 5.73 Å². The van der Waals surface area contributed by atoms with Crippen molar-refractivity contribution in [3.05, 3.63) is 23.9 Å². The molecule has 1 saturated carbocycles. The van der Waals surface area contributed by atoms with Crippen LogP contribution < -0.4 is 10.6 Å². The van der Waals surface area contributed by atoms with Crippen molar-refractivity contribution >= 4 is 5.82 Å². The van der Waals surface area contributed by atoms with Crippen molar-refractivity contribution < 1.29 is 0 Å². The predicted molar refractivity (Wildman–Crippen MR) is 79.3 cm³/mol. The van der Waals surface area contributed by atoms with Gasteiger partial charge in [-0.15, -0.1) is 0 Å². The summed E-state index contributed by atoms with van der Waals surface area (Å²) in [5.41, 5.74) is 7.07. The molecule has 0 unspecified atom stereocenters. The number of hydrogen-bond donors (Lipinski definition) is 1. The van der Waals surface area contributed by atoms with Crippen LogP contribution in [0.4, 0.5) is 5.82 Å². The van der Waals surface area contributed by atoms with Crippen LogP contribution in [0, 0.1) is 5.92 Å². The zero-order valence-electron chi connectivity index (χ0n) is 11.7. The number of fused-ring (bicyclic) bond motifs is 1. The van der Waals surface area contributed by atoms with E-state index in [0.29, 0.717) is 6.54 Å². The zero-order chi connectivity index (χ0) is 13.1. The van der Waals surface area contributed by atoms with E-state index >= 15 is 0 Å². The quantitative estimate of drug-likeness (QED) is 0.907. The van der Waals surface area contributed by atoms with Crippen molar-refractivity contribution in [3.8, 4) is 0 Å². The molecule has 1 aromatic heterocycles. The molecule has 1 aromatic rings. The first-order chi connectivity index (χ1) is 9.40. The van der Waals surface area contributed by atoms with Gasteiger partial charge in [-0.05, 0) is 56.2 Å². The summed E-state index contributed by atoms with van der Waals surface area (Å²) in [5, 5.41) is 0. The van der Waals surface area contributed by atoms with Gasteiger partial charge < -0.3 is 10.6 Å². The average molecular weight is 259 g/mol. The first kappa shape index (κ1) is 12.9. The first-order valence-electron chi connectivity index (χ1n) is 7.81. The number of aromatic nitrogens is 1. The number of piperidine rings is 1. The standard InChI is InChI=1S/C16H25N3/c17-10-9-14-6-3-11-18-16(14)19-12-4-7-13-5-1-2-8-15(13)19/h3,6,11,13,15H,1-2,4-5,7-10,12,17H2/t13-,15-/m1/s1. The molecular formula is C16H25N3. The van der Waals surface area contributed by atoms with E-state index in [1.54, 1.807) is 0 Å². The van der Waals surface area contributed by atoms with Gasteiger partial charge in [-0.1, -0.05) is 18.9 Å². The Labute approximate surface area is 116 Å². The molecule has 0 radical (unpaired) electrons. The van der Waals surface area contributed by atoms with E-state index < -0.39 is 0 Å². The van der Waals surface area contributed by atoms with Crippen LogP contribution in [-0.2, 0) is 6.42 Å². The van der Waals surface area contributed by atoms with Crippen LogP contribution in [0.3, 0.4) is 0 Å². The molecule has 3 nitrogen and oxygen atoms in total. The van der Waals surface area contributed by atoms with Gasteiger partial charge >= 0.3 is 0 Å². The molecule has 2 N–H and O–H groups in total. The van der Waals surface area contributed by atoms with Crippen molar-refractivity contribution in [2.24, 2.45) is 11.7 Å². The zero-order valence-corrected chi connectivity index (χ0v) is 11.7. The Bertz CT molecular complexity index is 416. The van der Waals surface area contributed by atoms with Crippen LogP contribution in [-0.4, -0.2) is 24.1 Å². The molecule has 1 aliphatic heterocycles. The Kier molecular flexibility index (Phi) is 4.02. The second-order valence-electron chi connectivity index (χ2n) is 5.97. The van der Waals surface area contributed by atoms with Crippen molar-refractivity contribution in [1.29, 1.82) is 0 Å². The minimum Gasteiger partial charge on any atom is -0.353 e. The minimum atomic E-state index is 0.709. The fraction of sp³-hybridized carbons (Fsp3) is 0.688. The van der Waals surface area contributed by atoms with Gasteiger partial charge in [0.05, 0.1) is 0 Å². The summed E-state index contributed by atoms with van der Waals surface area (Å²) >= 11 is 0. The molecule has 0 bridgehead atoms. The number of nitrogens with zero attached hydrogens (tertiary/aromatic N) is 2. The molecule has 2 atom stereocenters. The molecule has 3 heteroatoms. The molecule has 1 aliphatic carbocycles. The summed E-state index contributed by atoms with van der Waals surface area (Å²) in [6.45, 7) is 1.89. The van der Waals surface area contributed by atoms with E-state index in [9.17, 15) is 0 Å². The van der Waals surface area contributed by atoms with Crippen molar-refractivity contribution in [2.75, 3.05) is 18.0 Å². The summed E-state index contributed by atoms with van der Waals surface area (Å²) in [5.74, 6) is 2.11. The van der Waals surface area contributed by atoms with E-state index in [1.165, 1.54) is 56.5 Å². The molecule has 1 saturated heterocycles. The third-order valence-electron chi connectivity index (χ3n) is 4.80. The molecule has 19 heavy (non-hydrogen) atoms. The van der Waals surface area contributed by atoms with Gasteiger partial charge in [0.1, 0.15) is 5.82 Å². The smallest absolute Gasteiger partial charge is 0.132 e. The normalized spacial score (nSPS) is 27.1. The Morgan fingerprint density at radius 1 is 1.21 bits per heavy atom. The second kappa shape index (κ2) is 5.91. The van der Waals surface area contributed by atoms with Gasteiger partial charge in [-0.25, -0.2) is 4.98 Å². The number of hydrogen-bond acceptors (Lipinski definition) is 3. The molecule has 2 heterocycles. The maximum Gasteiger partial charge on any atom is 0.132 e. The van der Waals surface area contributed by atoms with Gasteiger partial charge in [-0.2, -0.15) is 0 Å². The van der Waals surface area contributed by atoms with Gasteiger partial charge in [-0.3, -0.25) is 0 Å². The molecule has 2 aliphatic rings. The van der Waals surface area contributed by atoms with Crippen LogP contribution in [0.25, 0.3) is 0 Å². The largest absolute Gasteiger partial charge is 0.353 e. The maximum atomic E-state index is 5.74. The number of anilines is 1. The summed E-state index contributed by atoms with van der Waals surface area (Å²) < 4.78 is 0. The Morgan fingerprint density at radius 3 is 2.95 bits per heavy atom. The molecule has 104 valence electrons. The lowest BCUT2D eigenvalue weighted by Crippen LogP contribution is -2.47. The molecule has 0 spiro atoms. The lowest BCUT2D eigenvalue weighted by Gasteiger charge is -2.45. The minimum absolute atomic E-state index is 0.709. The van der Waals surface area contributed by atoms with Crippen LogP contribution in [0.5, 0.6) is 0 Å². The highest BCUT2D eigenvalue weighted by Gasteiger charge is 2.34. The molecule has 3 rings (SSSR count). The van der Waals surface area contributed by atoms with Crippen LogP contribution in [0.1, 0.15) is 44.1 Å². The highest BCUT2D eigenvalue weighted by atomic mass is 15.2. The lowest BCUT2D eigenvalue weighted by atomic mass is 9.78. The van der Waals surface area contributed by atoms with Crippen LogP contribution in [0.2, 0.25) is 0 Å². The summed E-state index contributed by atoms with van der Waals surface area (Å²) in [6.07, 6.45) is 11.2. The van der Waals surface area contributed by atoms with Crippen LogP contribution in [0.15, 0.2) is 18.3 Å². The van der Waals surface area contributed by atoms with Gasteiger partial charge in [0.15, 0.2) is 0 Å². The number of rotatable bonds is 3. The topological polar surface area (TPSA) is 42.1 Å². The Morgan fingerprint density at radius 2 is 2.05 bits per heavy atom. The molecule has 2 fully saturated rings. The van der Waals surface area contributed by atoms with Crippen molar-refractivity contribution in [1.82, 2.24) is 4.98 Å². The monoisotopic (exact) mass is 259 g/mol. The summed E-state index contributed by atoms with van der Waals surface area (Å²) in [7, 11) is 0. The average Bonchev–Trinajstić information content (AvgIpc) is 2.48. The van der Waals surface area contributed by atoms with E-state index in [0.717, 1.165) is 18.4 Å². The second-order valence-corrected chi connectivity index (χ2v) is 5.97. The van der Waals surface area contributed by atoms with E-state index in [2.05, 4.69) is 16.0 Å². The third-order valence-corrected chi connectivity index (χ3v) is 4.80. The third kappa shape index (κ3) is 2.62. The van der Waals surface area contributed by atoms with Crippen molar-refractivity contribution in [2.45, 2.75) is 51.0 Å². The predicted octanol–water partition coefficient (Wildman–Crippen LogP) is 2.74. The van der Waals surface area contributed by atoms with Crippen molar-refractivity contribution in [3.63, 3.8) is 0 Å². The fourth-order valence-corrected chi connectivity index (χ4v) is 3.93. The molecule has 0 amide bonds.